The van der Waals surface area contributed by atoms with Crippen LogP contribution in [0.15, 0.2) is 16.7 Å². The lowest BCUT2D eigenvalue weighted by molar-refractivity contribution is 0.711. The Morgan fingerprint density at radius 1 is 1.64 bits per heavy atom. The third-order valence-electron chi connectivity index (χ3n) is 1.87. The Morgan fingerprint density at radius 2 is 2.43 bits per heavy atom. The maximum absolute atomic E-state index is 5.69. The standard InChI is InChI=1S/C9H11BrN4/c1-5(11)2-8-13-7-3-6(10)4-12-9(7)14-8/h3-5H,2,11H2,1H3,(H,12,13,14). The number of hydrogen-bond donors (Lipinski definition) is 2. The Morgan fingerprint density at radius 3 is 3.14 bits per heavy atom. The molecule has 0 saturated heterocycles. The van der Waals surface area contributed by atoms with Gasteiger partial charge in [-0.15, -0.1) is 0 Å². The van der Waals surface area contributed by atoms with E-state index in [1.165, 1.54) is 0 Å². The summed E-state index contributed by atoms with van der Waals surface area (Å²) >= 11 is 3.36. The first-order valence-electron chi connectivity index (χ1n) is 4.41. The normalized spacial score (nSPS) is 13.4. The van der Waals surface area contributed by atoms with Gasteiger partial charge in [-0.3, -0.25) is 0 Å². The monoisotopic (exact) mass is 254 g/mol. The molecule has 2 heterocycles. The van der Waals surface area contributed by atoms with E-state index in [0.717, 1.165) is 27.9 Å². The van der Waals surface area contributed by atoms with Crippen molar-refractivity contribution in [1.82, 2.24) is 15.0 Å². The summed E-state index contributed by atoms with van der Waals surface area (Å²) in [5.41, 5.74) is 7.37. The van der Waals surface area contributed by atoms with Gasteiger partial charge in [0.05, 0.1) is 5.52 Å². The smallest absolute Gasteiger partial charge is 0.177 e. The molecule has 0 aliphatic heterocycles. The number of nitrogens with one attached hydrogen (secondary N) is 1. The molecule has 4 nitrogen and oxygen atoms in total. The molecular formula is C9H11BrN4. The molecule has 3 N–H and O–H groups in total. The van der Waals surface area contributed by atoms with E-state index < -0.39 is 0 Å². The number of rotatable bonds is 2. The molecule has 74 valence electrons. The van der Waals surface area contributed by atoms with Crippen molar-refractivity contribution in [3.05, 3.63) is 22.6 Å². The van der Waals surface area contributed by atoms with Gasteiger partial charge in [-0.05, 0) is 28.9 Å². The second-order valence-electron chi connectivity index (χ2n) is 3.39. The van der Waals surface area contributed by atoms with E-state index in [2.05, 4.69) is 30.9 Å². The summed E-state index contributed by atoms with van der Waals surface area (Å²) in [5, 5.41) is 0. The third kappa shape index (κ3) is 1.93. The first-order chi connectivity index (χ1) is 6.65. The molecule has 0 aliphatic carbocycles. The van der Waals surface area contributed by atoms with E-state index in [1.54, 1.807) is 6.20 Å². The van der Waals surface area contributed by atoms with Gasteiger partial charge in [-0.25, -0.2) is 9.97 Å². The zero-order valence-electron chi connectivity index (χ0n) is 7.79. The van der Waals surface area contributed by atoms with E-state index in [0.29, 0.717) is 0 Å². The molecule has 5 heteroatoms. The van der Waals surface area contributed by atoms with Gasteiger partial charge in [0.1, 0.15) is 5.82 Å². The highest BCUT2D eigenvalue weighted by molar-refractivity contribution is 9.10. The Kier molecular flexibility index (Phi) is 2.52. The molecule has 2 aromatic heterocycles. The van der Waals surface area contributed by atoms with Crippen LogP contribution >= 0.6 is 15.9 Å². The van der Waals surface area contributed by atoms with Crippen LogP contribution in [-0.2, 0) is 6.42 Å². The summed E-state index contributed by atoms with van der Waals surface area (Å²) in [6.07, 6.45) is 2.48. The Balaban J connectivity index is 2.41. The van der Waals surface area contributed by atoms with Crippen molar-refractivity contribution in [2.24, 2.45) is 5.73 Å². The highest BCUT2D eigenvalue weighted by Gasteiger charge is 2.05. The molecule has 0 saturated carbocycles. The summed E-state index contributed by atoms with van der Waals surface area (Å²) < 4.78 is 0.945. The molecule has 0 fully saturated rings. The van der Waals surface area contributed by atoms with E-state index in [9.17, 15) is 0 Å². The van der Waals surface area contributed by atoms with E-state index in [4.69, 9.17) is 5.73 Å². The van der Waals surface area contributed by atoms with Crippen LogP contribution in [0.4, 0.5) is 0 Å². The fourth-order valence-corrected chi connectivity index (χ4v) is 1.66. The Hall–Kier alpha value is -0.940. The molecule has 0 bridgehead atoms. The quantitative estimate of drug-likeness (QED) is 0.856. The largest absolute Gasteiger partial charge is 0.341 e. The maximum atomic E-state index is 5.69. The number of nitrogens with two attached hydrogens (primary N) is 1. The molecule has 0 radical (unpaired) electrons. The predicted molar refractivity (Wildman–Crippen MR) is 58.9 cm³/mol. The lowest BCUT2D eigenvalue weighted by Crippen LogP contribution is -2.18. The Labute approximate surface area is 90.1 Å². The van der Waals surface area contributed by atoms with Gasteiger partial charge in [0.25, 0.3) is 0 Å². The van der Waals surface area contributed by atoms with Crippen molar-refractivity contribution in [1.29, 1.82) is 0 Å². The van der Waals surface area contributed by atoms with E-state index >= 15 is 0 Å². The summed E-state index contributed by atoms with van der Waals surface area (Å²) in [7, 11) is 0. The van der Waals surface area contributed by atoms with Crippen molar-refractivity contribution in [2.75, 3.05) is 0 Å². The van der Waals surface area contributed by atoms with E-state index in [-0.39, 0.29) is 6.04 Å². The number of hydrogen-bond acceptors (Lipinski definition) is 3. The second-order valence-corrected chi connectivity index (χ2v) is 4.31. The summed E-state index contributed by atoms with van der Waals surface area (Å²) in [5.74, 6) is 0.889. The van der Waals surface area contributed by atoms with Gasteiger partial charge in [0, 0.05) is 23.1 Å². The highest BCUT2D eigenvalue weighted by atomic mass is 79.9. The molecule has 1 atom stereocenters. The summed E-state index contributed by atoms with van der Waals surface area (Å²) in [4.78, 5) is 11.7. The van der Waals surface area contributed by atoms with Crippen molar-refractivity contribution in [3.8, 4) is 0 Å². The zero-order chi connectivity index (χ0) is 10.1. The third-order valence-corrected chi connectivity index (χ3v) is 2.30. The van der Waals surface area contributed by atoms with Crippen LogP contribution in [0, 0.1) is 0 Å². The van der Waals surface area contributed by atoms with Crippen molar-refractivity contribution < 1.29 is 0 Å². The van der Waals surface area contributed by atoms with Crippen molar-refractivity contribution in [2.45, 2.75) is 19.4 Å². The minimum Gasteiger partial charge on any atom is -0.341 e. The Bertz CT molecular complexity index is 449. The van der Waals surface area contributed by atoms with E-state index in [1.807, 2.05) is 13.0 Å². The maximum Gasteiger partial charge on any atom is 0.177 e. The summed E-state index contributed by atoms with van der Waals surface area (Å²) in [6, 6.07) is 2.07. The zero-order valence-corrected chi connectivity index (χ0v) is 9.37. The number of fused-ring (bicyclic) bond motifs is 1. The number of imidazole rings is 1. The molecule has 1 unspecified atom stereocenters. The van der Waals surface area contributed by atoms with Crippen LogP contribution in [-0.4, -0.2) is 21.0 Å². The average Bonchev–Trinajstić information content (AvgIpc) is 2.44. The van der Waals surface area contributed by atoms with Gasteiger partial charge in [0.2, 0.25) is 0 Å². The predicted octanol–water partition coefficient (Wildman–Crippen LogP) is 1.61. The first-order valence-corrected chi connectivity index (χ1v) is 5.20. The van der Waals surface area contributed by atoms with Crippen LogP contribution in [0.3, 0.4) is 0 Å². The number of nitrogens with zero attached hydrogens (tertiary/aromatic N) is 2. The molecule has 0 spiro atoms. The molecule has 0 aliphatic rings. The molecule has 0 aromatic carbocycles. The minimum atomic E-state index is 0.110. The highest BCUT2D eigenvalue weighted by Crippen LogP contribution is 2.15. The fourth-order valence-electron chi connectivity index (χ4n) is 1.33. The average molecular weight is 255 g/mol. The van der Waals surface area contributed by atoms with Crippen LogP contribution < -0.4 is 5.73 Å². The van der Waals surface area contributed by atoms with Crippen LogP contribution in [0.2, 0.25) is 0 Å². The number of H-pyrrole nitrogens is 1. The first kappa shape index (κ1) is 9.61. The number of halogens is 1. The second kappa shape index (κ2) is 3.67. The summed E-state index contributed by atoms with van der Waals surface area (Å²) in [6.45, 7) is 1.95. The van der Waals surface area contributed by atoms with Gasteiger partial charge < -0.3 is 10.7 Å². The lowest BCUT2D eigenvalue weighted by Gasteiger charge is -1.98. The molecule has 2 rings (SSSR count). The van der Waals surface area contributed by atoms with Gasteiger partial charge >= 0.3 is 0 Å². The number of aromatic amines is 1. The fraction of sp³-hybridized carbons (Fsp3) is 0.333. The SMILES string of the molecule is CC(N)Cc1nc2ncc(Br)cc2[nH]1. The molecular weight excluding hydrogens is 244 g/mol. The van der Waals surface area contributed by atoms with Crippen molar-refractivity contribution in [3.63, 3.8) is 0 Å². The van der Waals surface area contributed by atoms with Crippen molar-refractivity contribution >= 4 is 27.1 Å². The lowest BCUT2D eigenvalue weighted by atomic mass is 10.2. The van der Waals surface area contributed by atoms with Crippen LogP contribution in [0.1, 0.15) is 12.7 Å². The van der Waals surface area contributed by atoms with Crippen LogP contribution in [0.25, 0.3) is 11.2 Å². The topological polar surface area (TPSA) is 67.6 Å². The minimum absolute atomic E-state index is 0.110. The molecule has 14 heavy (non-hydrogen) atoms. The molecule has 2 aromatic rings. The van der Waals surface area contributed by atoms with Gasteiger partial charge in [-0.1, -0.05) is 0 Å². The number of aromatic nitrogens is 3. The van der Waals surface area contributed by atoms with Crippen LogP contribution in [0.5, 0.6) is 0 Å². The number of pyridine rings is 1. The van der Waals surface area contributed by atoms with Gasteiger partial charge in [-0.2, -0.15) is 0 Å². The van der Waals surface area contributed by atoms with Gasteiger partial charge in [0.15, 0.2) is 5.65 Å². The molecule has 0 amide bonds.